The van der Waals surface area contributed by atoms with Gasteiger partial charge in [-0.3, -0.25) is 0 Å². The van der Waals surface area contributed by atoms with Gasteiger partial charge < -0.3 is 5.73 Å². The summed E-state index contributed by atoms with van der Waals surface area (Å²) in [4.78, 5) is 0.229. The Morgan fingerprint density at radius 3 is 2.47 bits per heavy atom. The predicted molar refractivity (Wildman–Crippen MR) is 77.8 cm³/mol. The van der Waals surface area contributed by atoms with Gasteiger partial charge in [-0.1, -0.05) is 18.5 Å². The minimum Gasteiger partial charge on any atom is -0.398 e. The number of nitrogens with two attached hydrogens (primary N) is 1. The molecule has 1 saturated heterocycles. The number of sulfonamides is 1. The first-order valence-corrected chi connectivity index (χ1v) is 8.20. The smallest absolute Gasteiger partial charge is 0.243 e. The third kappa shape index (κ3) is 2.88. The van der Waals surface area contributed by atoms with E-state index in [9.17, 15) is 8.42 Å². The molecule has 1 aromatic rings. The number of halogens is 1. The summed E-state index contributed by atoms with van der Waals surface area (Å²) in [5.74, 6) is 0.581. The van der Waals surface area contributed by atoms with Gasteiger partial charge in [-0.05, 0) is 43.4 Å². The van der Waals surface area contributed by atoms with Gasteiger partial charge in [0, 0.05) is 23.8 Å². The van der Waals surface area contributed by atoms with E-state index >= 15 is 0 Å². The molecule has 1 heterocycles. The summed E-state index contributed by atoms with van der Waals surface area (Å²) in [5, 5.41) is 0.354. The maximum absolute atomic E-state index is 12.6. The summed E-state index contributed by atoms with van der Waals surface area (Å²) in [6.45, 7) is 4.99. The standard InChI is InChI=1S/C13H19ClN2O2S/c1-9-3-5-16(6-4-9)19(17,18)13-8-11(14)7-12(15)10(13)2/h7-9H,3-6,15H2,1-2H3. The fraction of sp³-hybridized carbons (Fsp3) is 0.538. The van der Waals surface area contributed by atoms with Crippen molar-refractivity contribution in [2.24, 2.45) is 5.92 Å². The first kappa shape index (κ1) is 14.6. The van der Waals surface area contributed by atoms with Crippen LogP contribution in [0.3, 0.4) is 0 Å². The number of nitrogen functional groups attached to an aromatic ring is 1. The van der Waals surface area contributed by atoms with Gasteiger partial charge >= 0.3 is 0 Å². The minimum atomic E-state index is -3.49. The molecule has 0 aliphatic carbocycles. The van der Waals surface area contributed by atoms with Crippen molar-refractivity contribution in [3.05, 3.63) is 22.7 Å². The summed E-state index contributed by atoms with van der Waals surface area (Å²) in [5.41, 5.74) is 6.79. The number of anilines is 1. The van der Waals surface area contributed by atoms with Crippen molar-refractivity contribution in [3.8, 4) is 0 Å². The molecule has 1 fully saturated rings. The molecule has 1 aromatic carbocycles. The van der Waals surface area contributed by atoms with Crippen LogP contribution >= 0.6 is 11.6 Å². The summed E-state index contributed by atoms with van der Waals surface area (Å²) in [7, 11) is -3.49. The number of hydrogen-bond donors (Lipinski definition) is 1. The molecule has 0 spiro atoms. The Labute approximate surface area is 119 Å². The summed E-state index contributed by atoms with van der Waals surface area (Å²) >= 11 is 5.93. The van der Waals surface area contributed by atoms with E-state index in [1.54, 1.807) is 13.0 Å². The van der Waals surface area contributed by atoms with E-state index in [1.807, 2.05) is 0 Å². The number of piperidine rings is 1. The molecule has 19 heavy (non-hydrogen) atoms. The fourth-order valence-corrected chi connectivity index (χ4v) is 4.35. The number of hydrogen-bond acceptors (Lipinski definition) is 3. The van der Waals surface area contributed by atoms with Crippen LogP contribution in [0.25, 0.3) is 0 Å². The quantitative estimate of drug-likeness (QED) is 0.854. The topological polar surface area (TPSA) is 63.4 Å². The summed E-state index contributed by atoms with van der Waals surface area (Å²) < 4.78 is 26.8. The predicted octanol–water partition coefficient (Wildman–Crippen LogP) is 2.65. The third-order valence-corrected chi connectivity index (χ3v) is 5.97. The van der Waals surface area contributed by atoms with Crippen molar-refractivity contribution in [1.29, 1.82) is 0 Å². The lowest BCUT2D eigenvalue weighted by Crippen LogP contribution is -2.38. The molecule has 1 aliphatic heterocycles. The lowest BCUT2D eigenvalue weighted by molar-refractivity contribution is 0.288. The van der Waals surface area contributed by atoms with Gasteiger partial charge in [-0.2, -0.15) is 4.31 Å². The van der Waals surface area contributed by atoms with Gasteiger partial charge in [0.25, 0.3) is 0 Å². The summed E-state index contributed by atoms with van der Waals surface area (Å²) in [6, 6.07) is 3.06. The molecular formula is C13H19ClN2O2S. The van der Waals surface area contributed by atoms with Crippen LogP contribution in [0, 0.1) is 12.8 Å². The number of nitrogens with zero attached hydrogens (tertiary/aromatic N) is 1. The van der Waals surface area contributed by atoms with Gasteiger partial charge in [0.1, 0.15) is 0 Å². The minimum absolute atomic E-state index is 0.229. The average Bonchev–Trinajstić information content (AvgIpc) is 2.34. The Bertz CT molecular complexity index is 579. The van der Waals surface area contributed by atoms with Crippen LogP contribution < -0.4 is 5.73 Å². The maximum atomic E-state index is 12.6. The first-order valence-electron chi connectivity index (χ1n) is 6.38. The molecule has 4 nitrogen and oxygen atoms in total. The van der Waals surface area contributed by atoms with Crippen molar-refractivity contribution < 1.29 is 8.42 Å². The van der Waals surface area contributed by atoms with Crippen molar-refractivity contribution in [3.63, 3.8) is 0 Å². The highest BCUT2D eigenvalue weighted by molar-refractivity contribution is 7.89. The van der Waals surface area contributed by atoms with Gasteiger partial charge in [-0.25, -0.2) is 8.42 Å². The van der Waals surface area contributed by atoms with Gasteiger partial charge in [-0.15, -0.1) is 0 Å². The SMILES string of the molecule is Cc1c(N)cc(Cl)cc1S(=O)(=O)N1CCC(C)CC1. The van der Waals surface area contributed by atoms with E-state index in [-0.39, 0.29) is 4.90 Å². The molecule has 2 N–H and O–H groups in total. The Kier molecular flexibility index (Phi) is 4.08. The highest BCUT2D eigenvalue weighted by atomic mass is 35.5. The highest BCUT2D eigenvalue weighted by Crippen LogP contribution is 2.30. The lowest BCUT2D eigenvalue weighted by Gasteiger charge is -2.30. The third-order valence-electron chi connectivity index (χ3n) is 3.73. The Morgan fingerprint density at radius 2 is 1.89 bits per heavy atom. The van der Waals surface area contributed by atoms with Gasteiger partial charge in [0.15, 0.2) is 0 Å². The molecule has 2 rings (SSSR count). The zero-order chi connectivity index (χ0) is 14.2. The molecule has 1 aliphatic rings. The van der Waals surface area contributed by atoms with Crippen LogP contribution in [0.1, 0.15) is 25.3 Å². The zero-order valence-corrected chi connectivity index (χ0v) is 12.8. The van der Waals surface area contributed by atoms with Crippen LogP contribution in [0.4, 0.5) is 5.69 Å². The monoisotopic (exact) mass is 302 g/mol. The fourth-order valence-electron chi connectivity index (χ4n) is 2.31. The Morgan fingerprint density at radius 1 is 1.32 bits per heavy atom. The van der Waals surface area contributed by atoms with Crippen LogP contribution in [-0.4, -0.2) is 25.8 Å². The molecule has 0 bridgehead atoms. The average molecular weight is 303 g/mol. The second-order valence-electron chi connectivity index (χ2n) is 5.20. The van der Waals surface area contributed by atoms with E-state index in [2.05, 4.69) is 6.92 Å². The first-order chi connectivity index (χ1) is 8.82. The number of benzene rings is 1. The van der Waals surface area contributed by atoms with E-state index in [1.165, 1.54) is 10.4 Å². The summed E-state index contributed by atoms with van der Waals surface area (Å²) in [6.07, 6.45) is 1.79. The van der Waals surface area contributed by atoms with Crippen LogP contribution in [-0.2, 0) is 10.0 Å². The molecule has 0 amide bonds. The normalized spacial score (nSPS) is 18.7. The van der Waals surface area contributed by atoms with Crippen molar-refractivity contribution >= 4 is 27.3 Å². The van der Waals surface area contributed by atoms with Gasteiger partial charge in [0.2, 0.25) is 10.0 Å². The van der Waals surface area contributed by atoms with Crippen LogP contribution in [0.5, 0.6) is 0 Å². The zero-order valence-electron chi connectivity index (χ0n) is 11.2. The molecule has 0 atom stereocenters. The highest BCUT2D eigenvalue weighted by Gasteiger charge is 2.29. The maximum Gasteiger partial charge on any atom is 0.243 e. The van der Waals surface area contributed by atoms with Crippen LogP contribution in [0.2, 0.25) is 5.02 Å². The van der Waals surface area contributed by atoms with E-state index < -0.39 is 10.0 Å². The largest absolute Gasteiger partial charge is 0.398 e. The molecule has 0 saturated carbocycles. The number of rotatable bonds is 2. The molecule has 0 aromatic heterocycles. The second-order valence-corrected chi connectivity index (χ2v) is 7.55. The van der Waals surface area contributed by atoms with E-state index in [4.69, 9.17) is 17.3 Å². The van der Waals surface area contributed by atoms with Crippen molar-refractivity contribution in [1.82, 2.24) is 4.31 Å². The molecular weight excluding hydrogens is 284 g/mol. The Hall–Kier alpha value is -0.780. The molecule has 6 heteroatoms. The van der Waals surface area contributed by atoms with E-state index in [0.29, 0.717) is 35.3 Å². The van der Waals surface area contributed by atoms with Crippen LogP contribution in [0.15, 0.2) is 17.0 Å². The Balaban J connectivity index is 2.40. The molecule has 0 radical (unpaired) electrons. The van der Waals surface area contributed by atoms with E-state index in [0.717, 1.165) is 12.8 Å². The second kappa shape index (κ2) is 5.31. The molecule has 0 unspecified atom stereocenters. The lowest BCUT2D eigenvalue weighted by atomic mass is 10.0. The van der Waals surface area contributed by atoms with Crippen molar-refractivity contribution in [2.45, 2.75) is 31.6 Å². The molecule has 106 valence electrons. The van der Waals surface area contributed by atoms with Gasteiger partial charge in [0.05, 0.1) is 4.90 Å². The van der Waals surface area contributed by atoms with Crippen molar-refractivity contribution in [2.75, 3.05) is 18.8 Å².